The molecular weight excluding hydrogens is 525 g/mol. The highest BCUT2D eigenvalue weighted by molar-refractivity contribution is 14.0. The zero-order chi connectivity index (χ0) is 22.2. The molecule has 0 bridgehead atoms. The molecule has 1 fully saturated rings. The number of rotatable bonds is 7. The predicted molar refractivity (Wildman–Crippen MR) is 141 cm³/mol. The Morgan fingerprint density at radius 3 is 2.45 bits per heavy atom. The van der Waals surface area contributed by atoms with E-state index in [0.717, 1.165) is 32.1 Å². The van der Waals surface area contributed by atoms with Gasteiger partial charge in [0.05, 0.1) is 5.54 Å². The van der Waals surface area contributed by atoms with Crippen molar-refractivity contribution in [2.45, 2.75) is 65.1 Å². The molecule has 2 rings (SSSR count). The van der Waals surface area contributed by atoms with E-state index in [1.54, 1.807) is 7.05 Å². The van der Waals surface area contributed by atoms with Crippen LogP contribution in [0, 0.1) is 5.92 Å². The van der Waals surface area contributed by atoms with Crippen LogP contribution in [0.4, 0.5) is 4.79 Å². The Bertz CT molecular complexity index is 681. The average Bonchev–Trinajstić information content (AvgIpc) is 3.14. The number of amides is 1. The van der Waals surface area contributed by atoms with Gasteiger partial charge in [0.25, 0.3) is 0 Å². The van der Waals surface area contributed by atoms with Crippen molar-refractivity contribution >= 4 is 47.4 Å². The summed E-state index contributed by atoms with van der Waals surface area (Å²) in [5.74, 6) is 1.41. The van der Waals surface area contributed by atoms with Gasteiger partial charge in [-0.2, -0.15) is 0 Å². The Hall–Kier alpha value is -1.07. The van der Waals surface area contributed by atoms with Crippen molar-refractivity contribution in [1.82, 2.24) is 20.9 Å². The van der Waals surface area contributed by atoms with Crippen LogP contribution in [-0.4, -0.2) is 61.3 Å². The van der Waals surface area contributed by atoms with Crippen LogP contribution in [0.5, 0.6) is 0 Å². The van der Waals surface area contributed by atoms with Gasteiger partial charge in [-0.15, -0.1) is 35.3 Å². The minimum atomic E-state index is -0.509. The van der Waals surface area contributed by atoms with Gasteiger partial charge >= 0.3 is 6.09 Å². The third kappa shape index (κ3) is 11.4. The molecular formula is C22H40IN5O2S. The average molecular weight is 566 g/mol. The minimum absolute atomic E-state index is 0. The number of alkyl carbamates (subject to hydrolysis) is 1. The number of piperidine rings is 1. The molecule has 0 atom stereocenters. The van der Waals surface area contributed by atoms with Gasteiger partial charge < -0.3 is 20.7 Å². The summed E-state index contributed by atoms with van der Waals surface area (Å²) in [6, 6.07) is 4.34. The van der Waals surface area contributed by atoms with Gasteiger partial charge in [0.2, 0.25) is 0 Å². The van der Waals surface area contributed by atoms with E-state index in [1.165, 1.54) is 17.7 Å². The largest absolute Gasteiger partial charge is 0.444 e. The Labute approximate surface area is 208 Å². The summed E-state index contributed by atoms with van der Waals surface area (Å²) in [6.45, 7) is 14.3. The van der Waals surface area contributed by atoms with E-state index in [-0.39, 0.29) is 24.0 Å². The first-order valence-corrected chi connectivity index (χ1v) is 11.6. The number of hydrogen-bond donors (Lipinski definition) is 3. The first-order chi connectivity index (χ1) is 14.1. The second kappa shape index (κ2) is 12.8. The monoisotopic (exact) mass is 565 g/mol. The third-order valence-corrected chi connectivity index (χ3v) is 5.85. The molecule has 0 aliphatic carbocycles. The summed E-state index contributed by atoms with van der Waals surface area (Å²) in [4.78, 5) is 20.3. The number of guanidine groups is 1. The number of nitrogens with one attached hydrogen (secondary N) is 3. The quantitative estimate of drug-likeness (QED) is 0.264. The summed E-state index contributed by atoms with van der Waals surface area (Å²) >= 11 is 1.84. The summed E-state index contributed by atoms with van der Waals surface area (Å²) in [5.41, 5.74) is -0.975. The van der Waals surface area contributed by atoms with E-state index >= 15 is 0 Å². The minimum Gasteiger partial charge on any atom is -0.444 e. The highest BCUT2D eigenvalue weighted by atomic mass is 127. The maximum absolute atomic E-state index is 12.0. The maximum atomic E-state index is 12.0. The molecule has 1 aliphatic rings. The van der Waals surface area contributed by atoms with E-state index in [2.05, 4.69) is 43.4 Å². The number of likely N-dealkylation sites (tertiary alicyclic amines) is 1. The molecule has 0 radical (unpaired) electrons. The highest BCUT2D eigenvalue weighted by Gasteiger charge is 2.25. The molecule has 7 nitrogen and oxygen atoms in total. The summed E-state index contributed by atoms with van der Waals surface area (Å²) in [6.07, 6.45) is 1.98. The first-order valence-electron chi connectivity index (χ1n) is 10.8. The lowest BCUT2D eigenvalue weighted by atomic mass is 9.97. The van der Waals surface area contributed by atoms with Crippen LogP contribution >= 0.6 is 35.3 Å². The zero-order valence-electron chi connectivity index (χ0n) is 19.8. The van der Waals surface area contributed by atoms with E-state index in [0.29, 0.717) is 12.5 Å². The SMILES string of the molecule is CN=C(NCC1CCN(Cc2cccs2)CC1)NCC(C)(C)NC(=O)OC(C)(C)C.I. The first kappa shape index (κ1) is 28.0. The van der Waals surface area contributed by atoms with Crippen LogP contribution < -0.4 is 16.0 Å². The standard InChI is InChI=1S/C22H39N5O2S.HI/c1-21(2,3)29-20(28)26-22(4,5)16-25-19(23-6)24-14-17-9-11-27(12-10-17)15-18-8-7-13-30-18;/h7-8,13,17H,9-12,14-16H2,1-6H3,(H,26,28)(H2,23,24,25);1H. The zero-order valence-corrected chi connectivity index (χ0v) is 22.9. The lowest BCUT2D eigenvalue weighted by molar-refractivity contribution is 0.0474. The van der Waals surface area contributed by atoms with Crippen LogP contribution in [0.2, 0.25) is 0 Å². The summed E-state index contributed by atoms with van der Waals surface area (Å²) < 4.78 is 5.35. The van der Waals surface area contributed by atoms with Crippen molar-refractivity contribution < 1.29 is 9.53 Å². The van der Waals surface area contributed by atoms with Crippen LogP contribution in [0.25, 0.3) is 0 Å². The van der Waals surface area contributed by atoms with Crippen molar-refractivity contribution in [1.29, 1.82) is 0 Å². The Kier molecular flexibility index (Phi) is 11.6. The lowest BCUT2D eigenvalue weighted by Gasteiger charge is -2.32. The topological polar surface area (TPSA) is 78.0 Å². The molecule has 178 valence electrons. The predicted octanol–water partition coefficient (Wildman–Crippen LogP) is 4.05. The molecule has 0 aromatic carbocycles. The van der Waals surface area contributed by atoms with E-state index in [4.69, 9.17) is 4.74 Å². The Morgan fingerprint density at radius 2 is 1.90 bits per heavy atom. The number of hydrogen-bond acceptors (Lipinski definition) is 5. The van der Waals surface area contributed by atoms with Crippen molar-refractivity contribution in [2.75, 3.05) is 33.2 Å². The van der Waals surface area contributed by atoms with Crippen LogP contribution in [-0.2, 0) is 11.3 Å². The van der Waals surface area contributed by atoms with Gasteiger partial charge in [-0.1, -0.05) is 6.07 Å². The van der Waals surface area contributed by atoms with E-state index < -0.39 is 17.2 Å². The van der Waals surface area contributed by atoms with Crippen molar-refractivity contribution in [2.24, 2.45) is 10.9 Å². The third-order valence-electron chi connectivity index (χ3n) is 4.99. The van der Waals surface area contributed by atoms with Gasteiger partial charge in [0, 0.05) is 31.6 Å². The molecule has 9 heteroatoms. The number of carbonyl (C=O) groups is 1. The van der Waals surface area contributed by atoms with Crippen molar-refractivity contribution in [3.05, 3.63) is 22.4 Å². The van der Waals surface area contributed by atoms with Gasteiger partial charge in [-0.3, -0.25) is 9.89 Å². The van der Waals surface area contributed by atoms with Crippen LogP contribution in [0.3, 0.4) is 0 Å². The molecule has 31 heavy (non-hydrogen) atoms. The number of ether oxygens (including phenoxy) is 1. The number of aliphatic imine (C=N–C) groups is 1. The van der Waals surface area contributed by atoms with Gasteiger partial charge in [0.15, 0.2) is 5.96 Å². The molecule has 1 aromatic heterocycles. The molecule has 1 amide bonds. The Morgan fingerprint density at radius 1 is 1.23 bits per heavy atom. The molecule has 1 aliphatic heterocycles. The second-order valence-electron chi connectivity index (χ2n) is 9.62. The fourth-order valence-corrected chi connectivity index (χ4v) is 4.11. The normalized spacial score (nSPS) is 16.4. The van der Waals surface area contributed by atoms with E-state index in [1.807, 2.05) is 46.0 Å². The Balaban J connectivity index is 0.00000480. The van der Waals surface area contributed by atoms with E-state index in [9.17, 15) is 4.79 Å². The number of thiophene rings is 1. The summed E-state index contributed by atoms with van der Waals surface area (Å²) in [5, 5.41) is 11.8. The molecule has 0 spiro atoms. The molecule has 0 unspecified atom stereocenters. The lowest BCUT2D eigenvalue weighted by Crippen LogP contribution is -2.54. The molecule has 3 N–H and O–H groups in total. The smallest absolute Gasteiger partial charge is 0.408 e. The van der Waals surface area contributed by atoms with Gasteiger partial charge in [-0.25, -0.2) is 4.79 Å². The molecule has 1 saturated heterocycles. The number of carbonyl (C=O) groups excluding carboxylic acids is 1. The van der Waals surface area contributed by atoms with Crippen molar-refractivity contribution in [3.8, 4) is 0 Å². The van der Waals surface area contributed by atoms with Crippen LogP contribution in [0.15, 0.2) is 22.5 Å². The fraction of sp³-hybridized carbons (Fsp3) is 0.727. The fourth-order valence-electron chi connectivity index (χ4n) is 3.36. The molecule has 0 saturated carbocycles. The number of halogens is 1. The van der Waals surface area contributed by atoms with Crippen molar-refractivity contribution in [3.63, 3.8) is 0 Å². The molecule has 1 aromatic rings. The highest BCUT2D eigenvalue weighted by Crippen LogP contribution is 2.20. The second-order valence-corrected chi connectivity index (χ2v) is 10.6. The summed E-state index contributed by atoms with van der Waals surface area (Å²) in [7, 11) is 1.77. The van der Waals surface area contributed by atoms with Gasteiger partial charge in [-0.05, 0) is 77.9 Å². The maximum Gasteiger partial charge on any atom is 0.408 e. The van der Waals surface area contributed by atoms with Gasteiger partial charge in [0.1, 0.15) is 5.60 Å². The molecule has 2 heterocycles. The van der Waals surface area contributed by atoms with Crippen LogP contribution in [0.1, 0.15) is 52.3 Å². The number of nitrogens with zero attached hydrogens (tertiary/aromatic N) is 2.